The van der Waals surface area contributed by atoms with Gasteiger partial charge >= 0.3 is 12.6 Å². The maximum Gasteiger partial charge on any atom is 0.414 e. The summed E-state index contributed by atoms with van der Waals surface area (Å²) >= 11 is 0. The van der Waals surface area contributed by atoms with Crippen LogP contribution in [0.4, 0.5) is 27.6 Å². The molecule has 0 saturated heterocycles. The molecule has 2 heterocycles. The Morgan fingerprint density at radius 3 is 2.59 bits per heavy atom. The number of hydrogen-bond donors (Lipinski definition) is 3. The number of amides is 1. The lowest BCUT2D eigenvalue weighted by Gasteiger charge is -2.23. The van der Waals surface area contributed by atoms with Crippen molar-refractivity contribution in [2.45, 2.75) is 25.4 Å². The van der Waals surface area contributed by atoms with Crippen LogP contribution in [-0.4, -0.2) is 31.0 Å². The van der Waals surface area contributed by atoms with E-state index < -0.39 is 36.2 Å². The highest BCUT2D eigenvalue weighted by Gasteiger charge is 2.35. The van der Waals surface area contributed by atoms with Crippen LogP contribution in [0.3, 0.4) is 0 Å². The number of ether oxygens (including phenoxy) is 1. The third kappa shape index (κ3) is 4.51. The van der Waals surface area contributed by atoms with Crippen LogP contribution in [0.1, 0.15) is 33.3 Å². The van der Waals surface area contributed by atoms with Crippen molar-refractivity contribution in [2.24, 2.45) is 5.73 Å². The number of alkyl halides is 5. The van der Waals surface area contributed by atoms with Crippen LogP contribution in [-0.2, 0) is 11.3 Å². The first-order chi connectivity index (χ1) is 16.1. The number of fused-ring (bicyclic) bond motifs is 1. The van der Waals surface area contributed by atoms with Gasteiger partial charge in [-0.1, -0.05) is 30.3 Å². The van der Waals surface area contributed by atoms with Gasteiger partial charge in [-0.15, -0.1) is 0 Å². The summed E-state index contributed by atoms with van der Waals surface area (Å²) in [5, 5.41) is 9.75. The first kappa shape index (κ1) is 23.4. The Morgan fingerprint density at radius 2 is 1.88 bits per heavy atom. The summed E-state index contributed by atoms with van der Waals surface area (Å²) in [6.45, 7) is -0.192. The van der Waals surface area contributed by atoms with Crippen molar-refractivity contribution in [1.29, 1.82) is 5.41 Å². The lowest BCUT2D eigenvalue weighted by Crippen LogP contribution is -2.26. The smallest absolute Gasteiger partial charge is 0.414 e. The molecule has 6 nitrogen and oxygen atoms in total. The van der Waals surface area contributed by atoms with Crippen LogP contribution in [0.15, 0.2) is 60.3 Å². The molecule has 2 aromatic carbocycles. The number of nitrogens with zero attached hydrogens (tertiary/aromatic N) is 1. The van der Waals surface area contributed by atoms with E-state index >= 15 is 0 Å². The molecule has 0 bridgehead atoms. The molecule has 4 N–H and O–H groups in total. The summed E-state index contributed by atoms with van der Waals surface area (Å²) in [6, 6.07) is 11.1. The van der Waals surface area contributed by atoms with E-state index in [2.05, 4.69) is 5.32 Å². The summed E-state index contributed by atoms with van der Waals surface area (Å²) in [6.07, 6.45) is -6.46. The summed E-state index contributed by atoms with van der Waals surface area (Å²) in [5.41, 5.74) is 7.26. The number of para-hydroxylation sites is 1. The van der Waals surface area contributed by atoms with Crippen molar-refractivity contribution < 1.29 is 31.5 Å². The van der Waals surface area contributed by atoms with Gasteiger partial charge < -0.3 is 15.0 Å². The van der Waals surface area contributed by atoms with E-state index in [-0.39, 0.29) is 29.8 Å². The number of hydrogen-bond acceptors (Lipinski definition) is 5. The van der Waals surface area contributed by atoms with Gasteiger partial charge in [0.25, 0.3) is 11.8 Å². The predicted octanol–water partition coefficient (Wildman–Crippen LogP) is 4.50. The van der Waals surface area contributed by atoms with Crippen LogP contribution in [0.25, 0.3) is 5.57 Å². The fraction of sp³-hybridized carbons (Fsp3) is 0.217. The average molecular weight is 478 g/mol. The zero-order chi connectivity index (χ0) is 24.6. The molecule has 0 spiro atoms. The lowest BCUT2D eigenvalue weighted by molar-refractivity contribution is -0.0927. The fourth-order valence-corrected chi connectivity index (χ4v) is 3.79. The van der Waals surface area contributed by atoms with Crippen LogP contribution < -0.4 is 16.0 Å². The monoisotopic (exact) mass is 478 g/mol. The number of nitrogens with one attached hydrogen (secondary N) is 2. The number of nitrogens with two attached hydrogens (primary N) is 1. The molecule has 178 valence electrons. The molecule has 4 rings (SSSR count). The Kier molecular flexibility index (Phi) is 6.13. The van der Waals surface area contributed by atoms with Gasteiger partial charge in [0.1, 0.15) is 0 Å². The number of rotatable bonds is 5. The molecule has 1 atom stereocenters. The third-order valence-electron chi connectivity index (χ3n) is 5.47. The first-order valence-electron chi connectivity index (χ1n) is 10.1. The van der Waals surface area contributed by atoms with Crippen molar-refractivity contribution in [3.8, 4) is 0 Å². The summed E-state index contributed by atoms with van der Waals surface area (Å²) in [4.78, 5) is 14.6. The number of carbonyl (C=O) groups is 1. The maximum atomic E-state index is 13.2. The van der Waals surface area contributed by atoms with E-state index in [0.717, 1.165) is 6.08 Å². The Labute approximate surface area is 191 Å². The Balaban J connectivity index is 1.63. The molecule has 11 heteroatoms. The Bertz CT molecular complexity index is 1210. The number of benzene rings is 2. The zero-order valence-electron chi connectivity index (χ0n) is 17.5. The van der Waals surface area contributed by atoms with E-state index in [1.807, 2.05) is 0 Å². The van der Waals surface area contributed by atoms with E-state index in [9.17, 15) is 26.7 Å². The topological polar surface area (TPSA) is 91.4 Å². The van der Waals surface area contributed by atoms with Gasteiger partial charge in [-0.3, -0.25) is 15.9 Å². The Hall–Kier alpha value is -3.73. The van der Waals surface area contributed by atoms with Crippen molar-refractivity contribution in [2.75, 3.05) is 11.4 Å². The SMILES string of the molecule is N=C(OC(N)c1ccc2c(c1)C(=O)N(c1ccccc1C1=CNCC(C(F)(F)F)=C1)C2)C(F)F. The summed E-state index contributed by atoms with van der Waals surface area (Å²) in [7, 11) is 0. The van der Waals surface area contributed by atoms with Crippen LogP contribution >= 0.6 is 0 Å². The average Bonchev–Trinajstić information content (AvgIpc) is 3.14. The van der Waals surface area contributed by atoms with Gasteiger partial charge in [-0.25, -0.2) is 0 Å². The standard InChI is InChI=1S/C23H19F5N4O2/c24-19(25)21(30)34-20(29)12-5-6-13-11-32(22(33)17(13)8-12)18-4-2-1-3-16(18)14-7-15(10-31-9-14)23(26,27)28/h1-9,19-20,30-31H,10-11,29H2. The van der Waals surface area contributed by atoms with Crippen molar-refractivity contribution in [3.63, 3.8) is 0 Å². The quantitative estimate of drug-likeness (QED) is 0.256. The fourth-order valence-electron chi connectivity index (χ4n) is 3.79. The van der Waals surface area contributed by atoms with Gasteiger partial charge in [0.2, 0.25) is 0 Å². The molecule has 0 fully saturated rings. The molecule has 0 saturated carbocycles. The number of anilines is 1. The number of halogens is 5. The second-order valence-electron chi connectivity index (χ2n) is 7.68. The second kappa shape index (κ2) is 8.90. The first-order valence-corrected chi connectivity index (χ1v) is 10.1. The summed E-state index contributed by atoms with van der Waals surface area (Å²) < 4.78 is 69.5. The van der Waals surface area contributed by atoms with Crippen molar-refractivity contribution in [1.82, 2.24) is 5.32 Å². The van der Waals surface area contributed by atoms with E-state index in [4.69, 9.17) is 15.9 Å². The van der Waals surface area contributed by atoms with E-state index in [1.54, 1.807) is 30.3 Å². The minimum Gasteiger partial charge on any atom is -0.454 e. The van der Waals surface area contributed by atoms with Crippen LogP contribution in [0.5, 0.6) is 0 Å². The largest absolute Gasteiger partial charge is 0.454 e. The zero-order valence-corrected chi connectivity index (χ0v) is 17.5. The second-order valence-corrected chi connectivity index (χ2v) is 7.68. The molecular formula is C23H19F5N4O2. The molecule has 1 unspecified atom stereocenters. The van der Waals surface area contributed by atoms with Gasteiger partial charge in [0.05, 0.1) is 17.8 Å². The minimum atomic E-state index is -4.49. The molecule has 0 aromatic heterocycles. The molecule has 2 aromatic rings. The normalized spacial score (nSPS) is 16.6. The summed E-state index contributed by atoms with van der Waals surface area (Å²) in [5.74, 6) is -1.71. The van der Waals surface area contributed by atoms with E-state index in [0.29, 0.717) is 16.8 Å². The molecule has 2 aliphatic heterocycles. The number of carbonyl (C=O) groups excluding carboxylic acids is 1. The van der Waals surface area contributed by atoms with Gasteiger partial charge in [0.15, 0.2) is 6.23 Å². The Morgan fingerprint density at radius 1 is 1.15 bits per heavy atom. The maximum absolute atomic E-state index is 13.2. The molecule has 0 radical (unpaired) electrons. The number of dihydropyridines is 1. The van der Waals surface area contributed by atoms with Gasteiger partial charge in [-0.05, 0) is 29.3 Å². The van der Waals surface area contributed by atoms with Crippen LogP contribution in [0, 0.1) is 5.41 Å². The highest BCUT2D eigenvalue weighted by molar-refractivity contribution is 6.11. The van der Waals surface area contributed by atoms with Gasteiger partial charge in [0, 0.05) is 29.4 Å². The van der Waals surface area contributed by atoms with Crippen molar-refractivity contribution >= 4 is 23.1 Å². The van der Waals surface area contributed by atoms with E-state index in [1.165, 1.54) is 23.2 Å². The highest BCUT2D eigenvalue weighted by Crippen LogP contribution is 2.37. The third-order valence-corrected chi connectivity index (χ3v) is 5.47. The minimum absolute atomic E-state index is 0.158. The molecule has 1 amide bonds. The number of allylic oxidation sites excluding steroid dienone is 2. The molecular weight excluding hydrogens is 459 g/mol. The van der Waals surface area contributed by atoms with Crippen LogP contribution in [0.2, 0.25) is 0 Å². The molecule has 0 aliphatic carbocycles. The molecule has 2 aliphatic rings. The molecule has 34 heavy (non-hydrogen) atoms. The highest BCUT2D eigenvalue weighted by atomic mass is 19.4. The lowest BCUT2D eigenvalue weighted by atomic mass is 9.99. The van der Waals surface area contributed by atoms with Gasteiger partial charge in [-0.2, -0.15) is 22.0 Å². The van der Waals surface area contributed by atoms with Crippen molar-refractivity contribution in [3.05, 3.63) is 82.6 Å². The predicted molar refractivity (Wildman–Crippen MR) is 115 cm³/mol.